The van der Waals surface area contributed by atoms with Gasteiger partial charge in [-0.15, -0.1) is 23.5 Å². The number of furan rings is 1. The summed E-state index contributed by atoms with van der Waals surface area (Å²) in [5.41, 5.74) is 1.28. The maximum Gasteiger partial charge on any atom is 0.313 e. The topological polar surface area (TPSA) is 42.7 Å². The van der Waals surface area contributed by atoms with Crippen LogP contribution in [0.5, 0.6) is 0 Å². The van der Waals surface area contributed by atoms with Crippen LogP contribution in [0.15, 0.2) is 53.1 Å². The molecule has 0 radical (unpaired) electrons. The molecule has 1 aromatic carbocycles. The van der Waals surface area contributed by atoms with Crippen LogP contribution in [0.2, 0.25) is 0 Å². The summed E-state index contributed by atoms with van der Waals surface area (Å²) < 4.78 is 12.1. The number of thioether (sulfide) groups is 2. The molecule has 2 saturated heterocycles. The number of rotatable bonds is 6. The van der Waals surface area contributed by atoms with Gasteiger partial charge in [-0.2, -0.15) is 0 Å². The van der Waals surface area contributed by atoms with Gasteiger partial charge in [-0.05, 0) is 48.3 Å². The fraction of sp³-hybridized carbons (Fsp3) is 0.607. The molecule has 0 bridgehead atoms. The van der Waals surface area contributed by atoms with Gasteiger partial charge in [-0.25, -0.2) is 0 Å². The first kappa shape index (κ1) is 24.3. The zero-order valence-electron chi connectivity index (χ0n) is 20.5. The summed E-state index contributed by atoms with van der Waals surface area (Å²) in [6, 6.07) is 14.6. The zero-order chi connectivity index (χ0) is 23.7. The summed E-state index contributed by atoms with van der Waals surface area (Å²) >= 11 is 3.87. The van der Waals surface area contributed by atoms with Crippen molar-refractivity contribution < 1.29 is 13.9 Å². The van der Waals surface area contributed by atoms with Gasteiger partial charge in [0.25, 0.3) is 0 Å². The van der Waals surface area contributed by atoms with Gasteiger partial charge < -0.3 is 9.15 Å². The number of esters is 1. The second-order valence-corrected chi connectivity index (χ2v) is 13.5. The van der Waals surface area contributed by atoms with Crippen molar-refractivity contribution in [3.05, 3.63) is 60.1 Å². The summed E-state index contributed by atoms with van der Waals surface area (Å²) in [5, 5.41) is 0. The van der Waals surface area contributed by atoms with Crippen LogP contribution in [-0.4, -0.2) is 39.2 Å². The van der Waals surface area contributed by atoms with E-state index >= 15 is 0 Å². The van der Waals surface area contributed by atoms with Crippen molar-refractivity contribution in [2.75, 3.05) is 18.1 Å². The van der Waals surface area contributed by atoms with E-state index in [9.17, 15) is 4.79 Å². The fourth-order valence-electron chi connectivity index (χ4n) is 6.22. The van der Waals surface area contributed by atoms with Crippen LogP contribution in [0, 0.1) is 23.7 Å². The molecule has 4 nitrogen and oxygen atoms in total. The highest BCUT2D eigenvalue weighted by atomic mass is 32.2. The molecule has 5 rings (SSSR count). The van der Waals surface area contributed by atoms with Crippen molar-refractivity contribution >= 4 is 29.5 Å². The number of carbonyl (C=O) groups excluding carboxylic acids is 1. The Labute approximate surface area is 212 Å². The van der Waals surface area contributed by atoms with Crippen molar-refractivity contribution in [1.29, 1.82) is 0 Å². The normalized spacial score (nSPS) is 31.4. The third kappa shape index (κ3) is 4.70. The first-order valence-corrected chi connectivity index (χ1v) is 14.8. The van der Waals surface area contributed by atoms with Crippen molar-refractivity contribution in [3.63, 3.8) is 0 Å². The summed E-state index contributed by atoms with van der Waals surface area (Å²) in [6.07, 6.45) is 5.11. The number of nitrogens with zero attached hydrogens (tertiary/aromatic N) is 1. The lowest BCUT2D eigenvalue weighted by atomic mass is 9.75. The van der Waals surface area contributed by atoms with E-state index in [1.54, 1.807) is 6.26 Å². The predicted octanol–water partition coefficient (Wildman–Crippen LogP) is 6.63. The Morgan fingerprint density at radius 1 is 1.15 bits per heavy atom. The second-order valence-electron chi connectivity index (χ2n) is 10.6. The van der Waals surface area contributed by atoms with Gasteiger partial charge >= 0.3 is 5.97 Å². The average molecular weight is 500 g/mol. The molecule has 1 spiro atoms. The minimum Gasteiger partial charge on any atom is -0.469 e. The van der Waals surface area contributed by atoms with Crippen molar-refractivity contribution in [2.24, 2.45) is 23.7 Å². The van der Waals surface area contributed by atoms with Crippen molar-refractivity contribution in [1.82, 2.24) is 4.90 Å². The van der Waals surface area contributed by atoms with Gasteiger partial charge in [0.2, 0.25) is 0 Å². The molecule has 3 aliphatic rings. The highest BCUT2D eigenvalue weighted by Crippen LogP contribution is 2.60. The molecule has 3 fully saturated rings. The standard InChI is InChI=1S/C28H37NO3S2/c1-19(2)22-12-11-20(3)16-25(22)32-27(30)26-23(24-10-7-13-31-24)18-29(28(26)33-14-15-34-28)17-21-8-5-4-6-9-21/h4-10,13,19-20,22-23,25-26H,11-12,14-18H2,1-3H3/t20-,22+,23-,25-,26+/m1/s1. The number of hydrogen-bond acceptors (Lipinski definition) is 6. The maximum atomic E-state index is 14.1. The zero-order valence-corrected chi connectivity index (χ0v) is 22.2. The minimum atomic E-state index is -0.308. The Morgan fingerprint density at radius 2 is 1.91 bits per heavy atom. The van der Waals surface area contributed by atoms with Gasteiger partial charge in [-0.3, -0.25) is 9.69 Å². The molecule has 3 heterocycles. The molecule has 0 unspecified atom stereocenters. The number of likely N-dealkylation sites (tertiary alicyclic amines) is 1. The Bertz CT molecular complexity index is 942. The van der Waals surface area contributed by atoms with Gasteiger partial charge in [-0.1, -0.05) is 57.5 Å². The Morgan fingerprint density at radius 3 is 2.59 bits per heavy atom. The monoisotopic (exact) mass is 499 g/mol. The number of hydrogen-bond donors (Lipinski definition) is 0. The number of benzene rings is 1. The van der Waals surface area contributed by atoms with Crippen molar-refractivity contribution in [3.8, 4) is 0 Å². The lowest BCUT2D eigenvalue weighted by Gasteiger charge is -2.40. The maximum absolute atomic E-state index is 14.1. The van der Waals surface area contributed by atoms with E-state index < -0.39 is 0 Å². The first-order valence-electron chi connectivity index (χ1n) is 12.8. The molecule has 1 aromatic heterocycles. The Balaban J connectivity index is 1.46. The molecule has 2 aromatic rings. The van der Waals surface area contributed by atoms with Gasteiger partial charge in [0, 0.05) is 30.5 Å². The van der Waals surface area contributed by atoms with E-state index in [0.29, 0.717) is 17.8 Å². The molecule has 1 aliphatic carbocycles. The highest BCUT2D eigenvalue weighted by Gasteiger charge is 2.61. The first-order chi connectivity index (χ1) is 16.5. The van der Waals surface area contributed by atoms with Crippen LogP contribution in [0.4, 0.5) is 0 Å². The van der Waals surface area contributed by atoms with Crippen LogP contribution >= 0.6 is 23.5 Å². The molecule has 6 heteroatoms. The largest absolute Gasteiger partial charge is 0.469 e. The van der Waals surface area contributed by atoms with E-state index in [4.69, 9.17) is 9.15 Å². The summed E-state index contributed by atoms with van der Waals surface area (Å²) in [7, 11) is 0. The second kappa shape index (κ2) is 10.3. The minimum absolute atomic E-state index is 0.00262. The SMILES string of the molecule is CC(C)[C@@H]1CC[C@@H](C)C[C@H]1OC(=O)[C@@H]1[C@@H](c2ccco2)CN(Cc2ccccc2)C12SCCS2. The van der Waals surface area contributed by atoms with Crippen LogP contribution in [-0.2, 0) is 16.1 Å². The van der Waals surface area contributed by atoms with E-state index in [1.807, 2.05) is 35.7 Å². The van der Waals surface area contributed by atoms with E-state index in [-0.39, 0.29) is 28.1 Å². The quantitative estimate of drug-likeness (QED) is 0.416. The molecular formula is C28H37NO3S2. The third-order valence-corrected chi connectivity index (χ3v) is 11.6. The third-order valence-electron chi connectivity index (χ3n) is 7.96. The molecule has 5 atom stereocenters. The molecule has 2 aliphatic heterocycles. The van der Waals surface area contributed by atoms with Gasteiger partial charge in [0.05, 0.1) is 6.26 Å². The molecule has 0 amide bonds. The van der Waals surface area contributed by atoms with Crippen LogP contribution < -0.4 is 0 Å². The van der Waals surface area contributed by atoms with Crippen LogP contribution in [0.3, 0.4) is 0 Å². The van der Waals surface area contributed by atoms with Crippen LogP contribution in [0.1, 0.15) is 57.3 Å². The fourth-order valence-corrected chi connectivity index (χ4v) is 9.83. The van der Waals surface area contributed by atoms with E-state index in [2.05, 4.69) is 56.0 Å². The molecular weight excluding hydrogens is 462 g/mol. The predicted molar refractivity (Wildman–Crippen MR) is 141 cm³/mol. The highest BCUT2D eigenvalue weighted by molar-refractivity contribution is 8.21. The smallest absolute Gasteiger partial charge is 0.313 e. The lowest BCUT2D eigenvalue weighted by molar-refractivity contribution is -0.162. The number of ether oxygens (including phenoxy) is 1. The van der Waals surface area contributed by atoms with E-state index in [0.717, 1.165) is 43.2 Å². The molecule has 34 heavy (non-hydrogen) atoms. The summed E-state index contributed by atoms with van der Waals surface area (Å²) in [4.78, 5) is 16.7. The lowest BCUT2D eigenvalue weighted by Crippen LogP contribution is -2.45. The van der Waals surface area contributed by atoms with Crippen molar-refractivity contribution in [2.45, 2.75) is 62.8 Å². The summed E-state index contributed by atoms with van der Waals surface area (Å²) in [6.45, 7) is 8.47. The summed E-state index contributed by atoms with van der Waals surface area (Å²) in [5.74, 6) is 4.33. The molecule has 0 N–H and O–H groups in total. The Hall–Kier alpha value is -1.37. The van der Waals surface area contributed by atoms with Gasteiger partial charge in [0.15, 0.2) is 0 Å². The number of carbonyl (C=O) groups is 1. The van der Waals surface area contributed by atoms with E-state index in [1.165, 1.54) is 12.0 Å². The molecule has 184 valence electrons. The van der Waals surface area contributed by atoms with Crippen LogP contribution in [0.25, 0.3) is 0 Å². The average Bonchev–Trinajstić information content (AvgIpc) is 3.57. The molecule has 1 saturated carbocycles. The Kier molecular flexibility index (Phi) is 7.38. The van der Waals surface area contributed by atoms with Gasteiger partial charge in [0.1, 0.15) is 22.0 Å².